The minimum absolute atomic E-state index is 0.0291. The lowest BCUT2D eigenvalue weighted by atomic mass is 10.2. The molecule has 19 heavy (non-hydrogen) atoms. The van der Waals surface area contributed by atoms with Gasteiger partial charge in [-0.05, 0) is 28.1 Å². The molecule has 0 aliphatic heterocycles. The summed E-state index contributed by atoms with van der Waals surface area (Å²) in [5.74, 6) is -0.437. The van der Waals surface area contributed by atoms with Gasteiger partial charge in [-0.1, -0.05) is 11.6 Å². The summed E-state index contributed by atoms with van der Waals surface area (Å²) in [5.41, 5.74) is 6.04. The van der Waals surface area contributed by atoms with Gasteiger partial charge in [0.1, 0.15) is 23.3 Å². The summed E-state index contributed by atoms with van der Waals surface area (Å²) in [4.78, 5) is 3.90. The highest BCUT2D eigenvalue weighted by atomic mass is 79.9. The van der Waals surface area contributed by atoms with Crippen LogP contribution in [0.2, 0.25) is 5.02 Å². The second kappa shape index (κ2) is 5.43. The average Bonchev–Trinajstić information content (AvgIpc) is 2.38. The first-order valence-electron chi connectivity index (χ1n) is 5.00. The zero-order chi connectivity index (χ0) is 14.0. The molecule has 7 heteroatoms. The van der Waals surface area contributed by atoms with Gasteiger partial charge in [-0.2, -0.15) is 5.26 Å². The molecule has 0 saturated carbocycles. The Labute approximate surface area is 121 Å². The van der Waals surface area contributed by atoms with Gasteiger partial charge < -0.3 is 10.5 Å². The molecule has 2 aromatic rings. The van der Waals surface area contributed by atoms with Crippen molar-refractivity contribution in [2.24, 2.45) is 0 Å². The molecule has 0 unspecified atom stereocenters. The number of hydrogen-bond donors (Lipinski definition) is 1. The van der Waals surface area contributed by atoms with Gasteiger partial charge in [-0.25, -0.2) is 9.37 Å². The van der Waals surface area contributed by atoms with Crippen LogP contribution in [0.5, 0.6) is 11.6 Å². The number of nitrogens with zero attached hydrogens (tertiary/aromatic N) is 2. The van der Waals surface area contributed by atoms with Crippen molar-refractivity contribution >= 4 is 33.2 Å². The maximum atomic E-state index is 13.4. The molecule has 0 fully saturated rings. The lowest BCUT2D eigenvalue weighted by Crippen LogP contribution is -1.98. The number of nitrogens with two attached hydrogens (primary N) is 1. The number of halogens is 3. The van der Waals surface area contributed by atoms with Crippen LogP contribution >= 0.6 is 27.5 Å². The highest BCUT2D eigenvalue weighted by Gasteiger charge is 2.13. The van der Waals surface area contributed by atoms with Crippen molar-refractivity contribution in [1.82, 2.24) is 4.98 Å². The fraction of sp³-hybridized carbons (Fsp3) is 0. The third-order valence-electron chi connectivity index (χ3n) is 2.26. The van der Waals surface area contributed by atoms with Crippen LogP contribution in [0.25, 0.3) is 0 Å². The lowest BCUT2D eigenvalue weighted by Gasteiger charge is -2.10. The van der Waals surface area contributed by atoms with Gasteiger partial charge >= 0.3 is 0 Å². The van der Waals surface area contributed by atoms with Gasteiger partial charge in [0.05, 0.1) is 15.1 Å². The van der Waals surface area contributed by atoms with E-state index in [2.05, 4.69) is 20.9 Å². The van der Waals surface area contributed by atoms with Crippen molar-refractivity contribution in [1.29, 1.82) is 5.26 Å². The molecule has 1 heterocycles. The third kappa shape index (κ3) is 2.78. The summed E-state index contributed by atoms with van der Waals surface area (Å²) in [7, 11) is 0. The van der Waals surface area contributed by atoms with Crippen molar-refractivity contribution in [2.75, 3.05) is 5.73 Å². The number of nitrogen functional groups attached to an aromatic ring is 1. The van der Waals surface area contributed by atoms with Gasteiger partial charge in [0.25, 0.3) is 0 Å². The first-order valence-corrected chi connectivity index (χ1v) is 6.17. The smallest absolute Gasteiger partial charge is 0.244 e. The van der Waals surface area contributed by atoms with Crippen LogP contribution < -0.4 is 10.5 Å². The molecule has 0 radical (unpaired) electrons. The van der Waals surface area contributed by atoms with Crippen molar-refractivity contribution in [3.8, 4) is 17.7 Å². The van der Waals surface area contributed by atoms with Crippen LogP contribution in [0.3, 0.4) is 0 Å². The highest BCUT2D eigenvalue weighted by molar-refractivity contribution is 9.10. The zero-order valence-electron chi connectivity index (χ0n) is 9.32. The van der Waals surface area contributed by atoms with E-state index in [9.17, 15) is 4.39 Å². The topological polar surface area (TPSA) is 71.9 Å². The van der Waals surface area contributed by atoms with Crippen LogP contribution in [-0.4, -0.2) is 4.98 Å². The predicted molar refractivity (Wildman–Crippen MR) is 72.5 cm³/mol. The quantitative estimate of drug-likeness (QED) is 0.841. The Kier molecular flexibility index (Phi) is 3.88. The molecule has 0 saturated heterocycles. The van der Waals surface area contributed by atoms with Crippen molar-refractivity contribution in [2.45, 2.75) is 0 Å². The predicted octanol–water partition coefficient (Wildman–Crippen LogP) is 3.88. The summed E-state index contributed by atoms with van der Waals surface area (Å²) in [6, 6.07) is 5.82. The van der Waals surface area contributed by atoms with Crippen LogP contribution in [0, 0.1) is 17.1 Å². The number of aromatic nitrogens is 1. The molecule has 0 atom stereocenters. The fourth-order valence-corrected chi connectivity index (χ4v) is 2.04. The molecule has 96 valence electrons. The summed E-state index contributed by atoms with van der Waals surface area (Å²) in [5, 5.41) is 8.81. The molecule has 0 amide bonds. The third-order valence-corrected chi connectivity index (χ3v) is 3.16. The molecule has 2 rings (SSSR count). The second-order valence-corrected chi connectivity index (χ2v) is 4.75. The Bertz CT molecular complexity index is 687. The summed E-state index contributed by atoms with van der Waals surface area (Å²) < 4.78 is 19.2. The normalized spacial score (nSPS) is 10.0. The Balaban J connectivity index is 2.43. The number of benzene rings is 1. The molecule has 0 aliphatic rings. The Hall–Kier alpha value is -1.84. The van der Waals surface area contributed by atoms with E-state index < -0.39 is 5.82 Å². The second-order valence-electron chi connectivity index (χ2n) is 3.49. The van der Waals surface area contributed by atoms with Crippen molar-refractivity contribution < 1.29 is 9.13 Å². The van der Waals surface area contributed by atoms with Gasteiger partial charge in [-0.15, -0.1) is 0 Å². The summed E-state index contributed by atoms with van der Waals surface area (Å²) >= 11 is 8.81. The zero-order valence-corrected chi connectivity index (χ0v) is 11.7. The molecule has 0 bridgehead atoms. The number of ether oxygens (including phenoxy) is 1. The molecular weight excluding hydrogens is 337 g/mol. The van der Waals surface area contributed by atoms with E-state index in [0.717, 1.165) is 6.07 Å². The first-order chi connectivity index (χ1) is 9.02. The molecule has 2 N–H and O–H groups in total. The number of nitriles is 1. The standard InChI is InChI=1S/C12H6BrClFN3O/c13-7-3-8(14)9(15)4-10(7)19-12-11(17)6(5-16)1-2-18-12/h1-4H,17H2. The van der Waals surface area contributed by atoms with Gasteiger partial charge in [0.15, 0.2) is 0 Å². The Morgan fingerprint density at radius 3 is 2.89 bits per heavy atom. The number of hydrogen-bond acceptors (Lipinski definition) is 4. The monoisotopic (exact) mass is 341 g/mol. The van der Waals surface area contributed by atoms with E-state index >= 15 is 0 Å². The Morgan fingerprint density at radius 1 is 1.47 bits per heavy atom. The SMILES string of the molecule is N#Cc1ccnc(Oc2cc(F)c(Cl)cc2Br)c1N. The average molecular weight is 343 g/mol. The van der Waals surface area contributed by atoms with Crippen LogP contribution in [0.4, 0.5) is 10.1 Å². The van der Waals surface area contributed by atoms with Gasteiger partial charge in [0, 0.05) is 12.3 Å². The highest BCUT2D eigenvalue weighted by Crippen LogP contribution is 2.35. The molecule has 4 nitrogen and oxygen atoms in total. The van der Waals surface area contributed by atoms with Crippen molar-refractivity contribution in [3.63, 3.8) is 0 Å². The van der Waals surface area contributed by atoms with Crippen LogP contribution in [0.1, 0.15) is 5.56 Å². The van der Waals surface area contributed by atoms with E-state index in [1.54, 1.807) is 0 Å². The maximum Gasteiger partial charge on any atom is 0.244 e. The maximum absolute atomic E-state index is 13.4. The van der Waals surface area contributed by atoms with Crippen LogP contribution in [0.15, 0.2) is 28.9 Å². The van der Waals surface area contributed by atoms with Gasteiger partial charge in [0.2, 0.25) is 5.88 Å². The summed E-state index contributed by atoms with van der Waals surface area (Å²) in [6.45, 7) is 0. The van der Waals surface area contributed by atoms with E-state index in [4.69, 9.17) is 27.3 Å². The van der Waals surface area contributed by atoms with Crippen LogP contribution in [-0.2, 0) is 0 Å². The number of rotatable bonds is 2. The number of anilines is 1. The molecule has 0 spiro atoms. The van der Waals surface area contributed by atoms with E-state index in [-0.39, 0.29) is 27.9 Å². The van der Waals surface area contributed by atoms with E-state index in [1.165, 1.54) is 18.3 Å². The molecule has 1 aromatic carbocycles. The lowest BCUT2D eigenvalue weighted by molar-refractivity contribution is 0.457. The molecule has 1 aromatic heterocycles. The van der Waals surface area contributed by atoms with E-state index in [1.807, 2.05) is 6.07 Å². The molecule has 0 aliphatic carbocycles. The number of pyridine rings is 1. The Morgan fingerprint density at radius 2 is 2.21 bits per heavy atom. The minimum Gasteiger partial charge on any atom is -0.436 e. The van der Waals surface area contributed by atoms with Gasteiger partial charge in [-0.3, -0.25) is 0 Å². The minimum atomic E-state index is -0.630. The molecular formula is C12H6BrClFN3O. The fourth-order valence-electron chi connectivity index (χ4n) is 1.32. The largest absolute Gasteiger partial charge is 0.436 e. The summed E-state index contributed by atoms with van der Waals surface area (Å²) in [6.07, 6.45) is 1.38. The van der Waals surface area contributed by atoms with Crippen molar-refractivity contribution in [3.05, 3.63) is 45.3 Å². The van der Waals surface area contributed by atoms with E-state index in [0.29, 0.717) is 4.47 Å². The first kappa shape index (κ1) is 13.6.